The van der Waals surface area contributed by atoms with Crippen LogP contribution in [0.5, 0.6) is 11.5 Å². The van der Waals surface area contributed by atoms with Gasteiger partial charge in [-0.05, 0) is 36.1 Å². The van der Waals surface area contributed by atoms with E-state index in [0.29, 0.717) is 6.04 Å². The first kappa shape index (κ1) is 17.2. The predicted octanol–water partition coefficient (Wildman–Crippen LogP) is 3.78. The molecule has 0 radical (unpaired) electrons. The molecule has 0 N–H and O–H groups in total. The van der Waals surface area contributed by atoms with Crippen molar-refractivity contribution < 1.29 is 14.4 Å². The summed E-state index contributed by atoms with van der Waals surface area (Å²) in [5.74, 6) is 1.56. The zero-order valence-electron chi connectivity index (χ0n) is 14.5. The monoisotopic (exact) mass is 342 g/mol. The smallest absolute Gasteiger partial charge is 0.269 e. The third-order valence-electron chi connectivity index (χ3n) is 4.39. The first-order valence-corrected chi connectivity index (χ1v) is 8.28. The Balaban J connectivity index is 1.74. The van der Waals surface area contributed by atoms with E-state index < -0.39 is 0 Å². The summed E-state index contributed by atoms with van der Waals surface area (Å²) in [6.07, 6.45) is 2.38. The summed E-state index contributed by atoms with van der Waals surface area (Å²) in [7, 11) is 3.29. The van der Waals surface area contributed by atoms with Crippen LogP contribution in [0.15, 0.2) is 42.5 Å². The van der Waals surface area contributed by atoms with Gasteiger partial charge in [0.05, 0.1) is 19.1 Å². The number of ether oxygens (including phenoxy) is 2. The Morgan fingerprint density at radius 2 is 1.56 bits per heavy atom. The van der Waals surface area contributed by atoms with E-state index >= 15 is 0 Å². The van der Waals surface area contributed by atoms with Gasteiger partial charge in [0, 0.05) is 37.3 Å². The lowest BCUT2D eigenvalue weighted by Gasteiger charge is -2.22. The van der Waals surface area contributed by atoms with Gasteiger partial charge in [0.15, 0.2) is 0 Å². The first-order chi connectivity index (χ1) is 12.1. The van der Waals surface area contributed by atoms with Gasteiger partial charge in [0.2, 0.25) is 0 Å². The second-order valence-electron chi connectivity index (χ2n) is 6.28. The second-order valence-corrected chi connectivity index (χ2v) is 6.28. The van der Waals surface area contributed by atoms with Crippen molar-refractivity contribution in [2.45, 2.75) is 32.0 Å². The van der Waals surface area contributed by atoms with Crippen LogP contribution in [0.2, 0.25) is 0 Å². The Morgan fingerprint density at radius 3 is 2.04 bits per heavy atom. The predicted molar refractivity (Wildman–Crippen MR) is 94.9 cm³/mol. The molecule has 1 aliphatic carbocycles. The van der Waals surface area contributed by atoms with E-state index in [1.165, 1.54) is 12.8 Å². The number of hydrogen-bond acceptors (Lipinski definition) is 5. The maximum Gasteiger partial charge on any atom is 0.269 e. The van der Waals surface area contributed by atoms with Gasteiger partial charge in [-0.2, -0.15) is 0 Å². The van der Waals surface area contributed by atoms with Crippen LogP contribution in [0.4, 0.5) is 5.69 Å². The molecule has 1 aliphatic rings. The average Bonchev–Trinajstić information content (AvgIpc) is 3.46. The van der Waals surface area contributed by atoms with Crippen molar-refractivity contribution in [1.29, 1.82) is 0 Å². The van der Waals surface area contributed by atoms with Crippen molar-refractivity contribution in [2.75, 3.05) is 14.2 Å². The van der Waals surface area contributed by atoms with Gasteiger partial charge in [-0.25, -0.2) is 0 Å². The van der Waals surface area contributed by atoms with Crippen LogP contribution in [-0.4, -0.2) is 30.1 Å². The molecule has 1 saturated carbocycles. The lowest BCUT2D eigenvalue weighted by molar-refractivity contribution is -0.384. The van der Waals surface area contributed by atoms with Gasteiger partial charge in [-0.1, -0.05) is 12.1 Å². The third-order valence-corrected chi connectivity index (χ3v) is 4.39. The molecule has 2 aromatic carbocycles. The van der Waals surface area contributed by atoms with Crippen LogP contribution in [0.25, 0.3) is 0 Å². The van der Waals surface area contributed by atoms with Crippen molar-refractivity contribution in [2.24, 2.45) is 0 Å². The van der Waals surface area contributed by atoms with Gasteiger partial charge < -0.3 is 9.47 Å². The highest BCUT2D eigenvalue weighted by molar-refractivity contribution is 5.38. The minimum Gasteiger partial charge on any atom is -0.497 e. The molecule has 1 fully saturated rings. The highest BCUT2D eigenvalue weighted by atomic mass is 16.6. The Bertz CT molecular complexity index is 719. The molecule has 0 saturated heterocycles. The molecule has 6 nitrogen and oxygen atoms in total. The summed E-state index contributed by atoms with van der Waals surface area (Å²) >= 11 is 0. The standard InChI is InChI=1S/C19H22N2O4/c1-24-18-9-15(10-19(11-18)25-2)13-20(16-7-8-16)12-14-3-5-17(6-4-14)21(22)23/h3-6,9-11,16H,7-8,12-13H2,1-2H3. The Morgan fingerprint density at radius 1 is 1.00 bits per heavy atom. The van der Waals surface area contributed by atoms with E-state index in [9.17, 15) is 10.1 Å². The number of nitro groups is 1. The Labute approximate surface area is 147 Å². The number of nitrogens with zero attached hydrogens (tertiary/aromatic N) is 2. The van der Waals surface area contributed by atoms with E-state index in [-0.39, 0.29) is 10.6 Å². The highest BCUT2D eigenvalue weighted by Crippen LogP contribution is 2.31. The fourth-order valence-electron chi connectivity index (χ4n) is 2.90. The van der Waals surface area contributed by atoms with Crippen LogP contribution in [0, 0.1) is 10.1 Å². The molecule has 25 heavy (non-hydrogen) atoms. The SMILES string of the molecule is COc1cc(CN(Cc2ccc([N+](=O)[O-])cc2)C2CC2)cc(OC)c1. The second kappa shape index (κ2) is 7.53. The average molecular weight is 342 g/mol. The number of methoxy groups -OCH3 is 2. The van der Waals surface area contributed by atoms with Gasteiger partial charge in [0.1, 0.15) is 11.5 Å². The van der Waals surface area contributed by atoms with Gasteiger partial charge in [-0.3, -0.25) is 15.0 Å². The summed E-state index contributed by atoms with van der Waals surface area (Å²) in [5, 5.41) is 10.8. The molecule has 0 unspecified atom stereocenters. The van der Waals surface area contributed by atoms with E-state index in [4.69, 9.17) is 9.47 Å². The normalized spacial score (nSPS) is 13.7. The number of benzene rings is 2. The van der Waals surface area contributed by atoms with Crippen molar-refractivity contribution in [3.63, 3.8) is 0 Å². The molecular weight excluding hydrogens is 320 g/mol. The van der Waals surface area contributed by atoms with Gasteiger partial charge in [0.25, 0.3) is 5.69 Å². The highest BCUT2D eigenvalue weighted by Gasteiger charge is 2.29. The minimum absolute atomic E-state index is 0.124. The summed E-state index contributed by atoms with van der Waals surface area (Å²) in [4.78, 5) is 12.8. The largest absolute Gasteiger partial charge is 0.497 e. The quantitative estimate of drug-likeness (QED) is 0.539. The molecule has 0 amide bonds. The summed E-state index contributed by atoms with van der Waals surface area (Å²) in [5.41, 5.74) is 2.33. The third kappa shape index (κ3) is 4.48. The number of non-ortho nitro benzene ring substituents is 1. The topological polar surface area (TPSA) is 64.8 Å². The maximum atomic E-state index is 10.8. The molecule has 3 rings (SSSR count). The minimum atomic E-state index is -0.370. The van der Waals surface area contributed by atoms with Gasteiger partial charge in [-0.15, -0.1) is 0 Å². The van der Waals surface area contributed by atoms with Crippen molar-refractivity contribution in [3.05, 3.63) is 63.7 Å². The summed E-state index contributed by atoms with van der Waals surface area (Å²) in [6, 6.07) is 13.3. The van der Waals surface area contributed by atoms with Crippen molar-refractivity contribution >= 4 is 5.69 Å². The molecule has 132 valence electrons. The molecule has 0 aliphatic heterocycles. The van der Waals surface area contributed by atoms with Crippen LogP contribution < -0.4 is 9.47 Å². The summed E-state index contributed by atoms with van der Waals surface area (Å²) < 4.78 is 10.7. The molecule has 2 aromatic rings. The Kier molecular flexibility index (Phi) is 5.19. The maximum absolute atomic E-state index is 10.8. The van der Waals surface area contributed by atoms with E-state index in [1.54, 1.807) is 26.4 Å². The van der Waals surface area contributed by atoms with Crippen LogP contribution >= 0.6 is 0 Å². The fraction of sp³-hybridized carbons (Fsp3) is 0.368. The van der Waals surface area contributed by atoms with Crippen LogP contribution in [0.3, 0.4) is 0 Å². The zero-order chi connectivity index (χ0) is 17.8. The number of hydrogen-bond donors (Lipinski definition) is 0. The molecular formula is C19H22N2O4. The fourth-order valence-corrected chi connectivity index (χ4v) is 2.90. The number of rotatable bonds is 8. The van der Waals surface area contributed by atoms with Crippen LogP contribution in [-0.2, 0) is 13.1 Å². The first-order valence-electron chi connectivity index (χ1n) is 8.28. The van der Waals surface area contributed by atoms with E-state index in [1.807, 2.05) is 30.3 Å². The zero-order valence-corrected chi connectivity index (χ0v) is 14.5. The Hall–Kier alpha value is -2.60. The van der Waals surface area contributed by atoms with Crippen molar-refractivity contribution in [1.82, 2.24) is 4.90 Å². The molecule has 0 atom stereocenters. The molecule has 0 heterocycles. The van der Waals surface area contributed by atoms with E-state index in [0.717, 1.165) is 35.7 Å². The van der Waals surface area contributed by atoms with Crippen molar-refractivity contribution in [3.8, 4) is 11.5 Å². The lowest BCUT2D eigenvalue weighted by atomic mass is 10.1. The molecule has 0 spiro atoms. The van der Waals surface area contributed by atoms with E-state index in [2.05, 4.69) is 4.90 Å². The number of nitro benzene ring substituents is 1. The molecule has 0 bridgehead atoms. The van der Waals surface area contributed by atoms with Gasteiger partial charge >= 0.3 is 0 Å². The molecule has 6 heteroatoms. The lowest BCUT2D eigenvalue weighted by Crippen LogP contribution is -2.25. The van der Waals surface area contributed by atoms with Crippen LogP contribution in [0.1, 0.15) is 24.0 Å². The molecule has 0 aromatic heterocycles. The summed E-state index contributed by atoms with van der Waals surface area (Å²) in [6.45, 7) is 1.55.